The van der Waals surface area contributed by atoms with Crippen molar-refractivity contribution in [1.82, 2.24) is 4.90 Å². The first-order valence-electron chi connectivity index (χ1n) is 8.61. The highest BCUT2D eigenvalue weighted by Gasteiger charge is 2.15. The predicted molar refractivity (Wildman–Crippen MR) is 99.7 cm³/mol. The Labute approximate surface area is 150 Å². The maximum absolute atomic E-state index is 12.3. The maximum atomic E-state index is 12.3. The molecule has 0 saturated heterocycles. The lowest BCUT2D eigenvalue weighted by molar-refractivity contribution is -0.131. The van der Waals surface area contributed by atoms with E-state index in [0.717, 1.165) is 18.4 Å². The largest absolute Gasteiger partial charge is 0.497 e. The van der Waals surface area contributed by atoms with E-state index >= 15 is 0 Å². The van der Waals surface area contributed by atoms with Crippen molar-refractivity contribution in [3.63, 3.8) is 0 Å². The Kier molecular flexibility index (Phi) is 7.02. The van der Waals surface area contributed by atoms with E-state index < -0.39 is 6.10 Å². The van der Waals surface area contributed by atoms with Crippen LogP contribution in [0.3, 0.4) is 0 Å². The van der Waals surface area contributed by atoms with Gasteiger partial charge in [0.1, 0.15) is 5.75 Å². The third-order valence-electron chi connectivity index (χ3n) is 4.45. The quantitative estimate of drug-likeness (QED) is 0.799. The molecule has 1 amide bonds. The van der Waals surface area contributed by atoms with E-state index in [-0.39, 0.29) is 12.5 Å². The molecule has 0 heterocycles. The molecule has 0 spiro atoms. The number of methoxy groups -OCH3 is 1. The molecule has 2 rings (SSSR count). The third-order valence-corrected chi connectivity index (χ3v) is 4.45. The van der Waals surface area contributed by atoms with Gasteiger partial charge in [0.25, 0.3) is 0 Å². The molecular formula is C21H27NO3. The van der Waals surface area contributed by atoms with Crippen LogP contribution in [0.2, 0.25) is 0 Å². The highest BCUT2D eigenvalue weighted by molar-refractivity contribution is 5.75. The minimum absolute atomic E-state index is 0.0514. The van der Waals surface area contributed by atoms with E-state index in [9.17, 15) is 9.90 Å². The Balaban J connectivity index is 1.82. The van der Waals surface area contributed by atoms with E-state index in [1.54, 1.807) is 25.1 Å². The van der Waals surface area contributed by atoms with Crippen molar-refractivity contribution >= 4 is 5.91 Å². The lowest BCUT2D eigenvalue weighted by atomic mass is 10.0. The van der Waals surface area contributed by atoms with Gasteiger partial charge in [0.2, 0.25) is 5.91 Å². The van der Waals surface area contributed by atoms with E-state index in [1.807, 2.05) is 30.3 Å². The second-order valence-corrected chi connectivity index (χ2v) is 6.35. The molecule has 1 atom stereocenters. The summed E-state index contributed by atoms with van der Waals surface area (Å²) in [5.74, 6) is 0.749. The summed E-state index contributed by atoms with van der Waals surface area (Å²) in [5, 5.41) is 10.4. The fraction of sp³-hybridized carbons (Fsp3) is 0.381. The summed E-state index contributed by atoms with van der Waals surface area (Å²) in [4.78, 5) is 13.9. The number of rotatable bonds is 8. The first kappa shape index (κ1) is 19.0. The Morgan fingerprint density at radius 3 is 2.68 bits per heavy atom. The number of carbonyl (C=O) groups excluding carboxylic acids is 1. The van der Waals surface area contributed by atoms with Crippen molar-refractivity contribution < 1.29 is 14.6 Å². The van der Waals surface area contributed by atoms with Crippen LogP contribution in [0, 0.1) is 6.92 Å². The van der Waals surface area contributed by atoms with Gasteiger partial charge in [0.15, 0.2) is 0 Å². The summed E-state index contributed by atoms with van der Waals surface area (Å²) in [6, 6.07) is 15.5. The van der Waals surface area contributed by atoms with Gasteiger partial charge in [0, 0.05) is 13.5 Å². The van der Waals surface area contributed by atoms with Crippen LogP contribution in [0.1, 0.15) is 35.6 Å². The van der Waals surface area contributed by atoms with E-state index in [1.165, 1.54) is 11.1 Å². The Bertz CT molecular complexity index is 699. The molecular weight excluding hydrogens is 314 g/mol. The first-order valence-corrected chi connectivity index (χ1v) is 8.61. The van der Waals surface area contributed by atoms with Crippen LogP contribution < -0.4 is 4.74 Å². The number of aryl methyl sites for hydroxylation is 2. The molecule has 2 aromatic rings. The summed E-state index contributed by atoms with van der Waals surface area (Å²) in [6.07, 6.45) is 1.46. The molecule has 0 saturated carbocycles. The first-order chi connectivity index (χ1) is 12.0. The molecule has 0 aliphatic heterocycles. The van der Waals surface area contributed by atoms with Gasteiger partial charge in [-0.15, -0.1) is 0 Å². The molecule has 1 N–H and O–H groups in total. The topological polar surface area (TPSA) is 49.8 Å². The van der Waals surface area contributed by atoms with Crippen LogP contribution in [0.5, 0.6) is 5.75 Å². The van der Waals surface area contributed by atoms with Crippen molar-refractivity contribution in [1.29, 1.82) is 0 Å². The maximum Gasteiger partial charge on any atom is 0.222 e. The minimum Gasteiger partial charge on any atom is -0.497 e. The molecule has 25 heavy (non-hydrogen) atoms. The van der Waals surface area contributed by atoms with Gasteiger partial charge in [-0.05, 0) is 48.6 Å². The van der Waals surface area contributed by atoms with E-state index in [4.69, 9.17) is 4.74 Å². The summed E-state index contributed by atoms with van der Waals surface area (Å²) >= 11 is 0. The molecule has 4 nitrogen and oxygen atoms in total. The minimum atomic E-state index is -0.722. The summed E-state index contributed by atoms with van der Waals surface area (Å²) in [6.45, 7) is 2.37. The number of amides is 1. The molecule has 0 radical (unpaired) electrons. The lowest BCUT2D eigenvalue weighted by Gasteiger charge is -2.21. The molecule has 2 aromatic carbocycles. The number of likely N-dealkylation sites (N-methyl/N-ethyl adjacent to an activating group) is 1. The molecule has 0 bridgehead atoms. The van der Waals surface area contributed by atoms with Gasteiger partial charge in [-0.2, -0.15) is 0 Å². The molecule has 0 aliphatic carbocycles. The van der Waals surface area contributed by atoms with E-state index in [0.29, 0.717) is 12.2 Å². The monoisotopic (exact) mass is 341 g/mol. The normalized spacial score (nSPS) is 11.8. The highest BCUT2D eigenvalue weighted by Crippen LogP contribution is 2.20. The van der Waals surface area contributed by atoms with Crippen LogP contribution in [0.15, 0.2) is 48.5 Å². The number of benzene rings is 2. The SMILES string of the molecule is COc1cccc(C(O)CN(C)C(=O)CCCc2ccccc2C)c1. The molecule has 134 valence electrons. The number of ether oxygens (including phenoxy) is 1. The smallest absolute Gasteiger partial charge is 0.222 e. The Morgan fingerprint density at radius 2 is 1.96 bits per heavy atom. The van der Waals surface area contributed by atoms with Crippen molar-refractivity contribution in [3.05, 3.63) is 65.2 Å². The fourth-order valence-corrected chi connectivity index (χ4v) is 2.83. The second kappa shape index (κ2) is 9.23. The van der Waals surface area contributed by atoms with Gasteiger partial charge in [0.05, 0.1) is 19.8 Å². The molecule has 1 unspecified atom stereocenters. The van der Waals surface area contributed by atoms with Crippen LogP contribution >= 0.6 is 0 Å². The standard InChI is InChI=1S/C21H27NO3/c1-16-8-4-5-9-17(16)10-7-13-21(24)22(2)15-20(23)18-11-6-12-19(14-18)25-3/h4-6,8-9,11-12,14,20,23H,7,10,13,15H2,1-3H3. The zero-order chi connectivity index (χ0) is 18.2. The van der Waals surface area contributed by atoms with Gasteiger partial charge in [-0.1, -0.05) is 36.4 Å². The Hall–Kier alpha value is -2.33. The van der Waals surface area contributed by atoms with Crippen molar-refractivity contribution in [2.75, 3.05) is 20.7 Å². The molecule has 4 heteroatoms. The van der Waals surface area contributed by atoms with Crippen molar-refractivity contribution in [2.45, 2.75) is 32.3 Å². The average molecular weight is 341 g/mol. The predicted octanol–water partition coefficient (Wildman–Crippen LogP) is 3.52. The number of carbonyl (C=O) groups is 1. The van der Waals surface area contributed by atoms with Gasteiger partial charge >= 0.3 is 0 Å². The number of aliphatic hydroxyl groups is 1. The van der Waals surface area contributed by atoms with E-state index in [2.05, 4.69) is 19.1 Å². The Morgan fingerprint density at radius 1 is 1.20 bits per heavy atom. The number of hydrogen-bond donors (Lipinski definition) is 1. The van der Waals surface area contributed by atoms with Crippen LogP contribution in [0.4, 0.5) is 0 Å². The number of aliphatic hydroxyl groups excluding tert-OH is 1. The molecule has 0 aromatic heterocycles. The fourth-order valence-electron chi connectivity index (χ4n) is 2.83. The number of nitrogens with zero attached hydrogens (tertiary/aromatic N) is 1. The van der Waals surface area contributed by atoms with Crippen LogP contribution in [0.25, 0.3) is 0 Å². The summed E-state index contributed by atoms with van der Waals surface area (Å²) in [5.41, 5.74) is 3.30. The highest BCUT2D eigenvalue weighted by atomic mass is 16.5. The van der Waals surface area contributed by atoms with Crippen molar-refractivity contribution in [3.8, 4) is 5.75 Å². The van der Waals surface area contributed by atoms with Crippen LogP contribution in [-0.2, 0) is 11.2 Å². The molecule has 0 aliphatic rings. The zero-order valence-corrected chi connectivity index (χ0v) is 15.2. The van der Waals surface area contributed by atoms with Crippen LogP contribution in [-0.4, -0.2) is 36.6 Å². The third kappa shape index (κ3) is 5.61. The van der Waals surface area contributed by atoms with Gasteiger partial charge in [-0.25, -0.2) is 0 Å². The molecule has 0 fully saturated rings. The summed E-state index contributed by atoms with van der Waals surface area (Å²) in [7, 11) is 3.33. The van der Waals surface area contributed by atoms with Crippen molar-refractivity contribution in [2.24, 2.45) is 0 Å². The second-order valence-electron chi connectivity index (χ2n) is 6.35. The van der Waals surface area contributed by atoms with Gasteiger partial charge in [-0.3, -0.25) is 4.79 Å². The van der Waals surface area contributed by atoms with Gasteiger partial charge < -0.3 is 14.7 Å². The summed E-state index contributed by atoms with van der Waals surface area (Å²) < 4.78 is 5.17. The number of hydrogen-bond acceptors (Lipinski definition) is 3. The zero-order valence-electron chi connectivity index (χ0n) is 15.2. The average Bonchev–Trinajstić information content (AvgIpc) is 2.63. The lowest BCUT2D eigenvalue weighted by Crippen LogP contribution is -2.31.